The van der Waals surface area contributed by atoms with E-state index in [0.29, 0.717) is 12.6 Å². The number of benzene rings is 1. The first-order chi connectivity index (χ1) is 10.7. The van der Waals surface area contributed by atoms with Crippen LogP contribution in [0, 0.1) is 6.92 Å². The number of fused-ring (bicyclic) bond motifs is 1. The number of hydrogen-bond donors (Lipinski definition) is 0. The third kappa shape index (κ3) is 2.38. The Bertz CT molecular complexity index is 689. The lowest BCUT2D eigenvalue weighted by molar-refractivity contribution is -0.0807. The van der Waals surface area contributed by atoms with E-state index in [1.807, 2.05) is 12.3 Å². The third-order valence-electron chi connectivity index (χ3n) is 5.00. The van der Waals surface area contributed by atoms with E-state index in [1.165, 1.54) is 0 Å². The molecule has 3 heterocycles. The fourth-order valence-corrected chi connectivity index (χ4v) is 3.60. The van der Waals surface area contributed by atoms with Gasteiger partial charge in [-0.05, 0) is 43.1 Å². The van der Waals surface area contributed by atoms with Crippen molar-refractivity contribution in [3.8, 4) is 0 Å². The van der Waals surface area contributed by atoms with Gasteiger partial charge in [0.05, 0.1) is 24.8 Å². The molecule has 22 heavy (non-hydrogen) atoms. The Hall–Kier alpha value is -1.59. The Morgan fingerprint density at radius 2 is 2.18 bits per heavy atom. The molecule has 116 valence electrons. The predicted octanol–water partition coefficient (Wildman–Crippen LogP) is 2.46. The minimum atomic E-state index is -0.827. The molecule has 0 radical (unpaired) electrons. The molecule has 4 rings (SSSR count). The zero-order valence-electron chi connectivity index (χ0n) is 12.7. The highest BCUT2D eigenvalue weighted by molar-refractivity contribution is 5.79. The number of aryl methyl sites for hydroxylation is 1. The second-order valence-corrected chi connectivity index (χ2v) is 6.39. The highest BCUT2D eigenvalue weighted by Crippen LogP contribution is 2.35. The molecule has 1 aromatic heterocycles. The topological polar surface area (TPSA) is 38.2 Å². The lowest BCUT2D eigenvalue weighted by Gasteiger charge is -2.43. The Balaban J connectivity index is 1.60. The summed E-state index contributed by atoms with van der Waals surface area (Å²) < 4.78 is 20.0. The summed E-state index contributed by atoms with van der Waals surface area (Å²) in [5.41, 5.74) is 3.14. The average Bonchev–Trinajstić information content (AvgIpc) is 2.45. The van der Waals surface area contributed by atoms with Gasteiger partial charge < -0.3 is 4.74 Å². The Morgan fingerprint density at radius 3 is 2.91 bits per heavy atom. The summed E-state index contributed by atoms with van der Waals surface area (Å²) in [5, 5.41) is 1.02. The van der Waals surface area contributed by atoms with Crippen molar-refractivity contribution in [3.05, 3.63) is 35.8 Å². The molecule has 2 atom stereocenters. The maximum Gasteiger partial charge on any atom is 0.120 e. The van der Waals surface area contributed by atoms with E-state index in [9.17, 15) is 4.39 Å². The van der Waals surface area contributed by atoms with Gasteiger partial charge in [-0.25, -0.2) is 14.4 Å². The first-order valence-electron chi connectivity index (χ1n) is 7.88. The Labute approximate surface area is 129 Å². The SMILES string of the molecule is Cc1cc2cncnc2cc1C1CCN(C2COC2)CC1F. The van der Waals surface area contributed by atoms with Gasteiger partial charge >= 0.3 is 0 Å². The van der Waals surface area contributed by atoms with Crippen LogP contribution in [0.2, 0.25) is 0 Å². The molecule has 0 N–H and O–H groups in total. The Kier molecular flexibility index (Phi) is 3.54. The first kappa shape index (κ1) is 14.0. The molecule has 2 saturated heterocycles. The molecule has 2 aromatic rings. The normalized spacial score (nSPS) is 27.0. The number of halogens is 1. The van der Waals surface area contributed by atoms with Crippen molar-refractivity contribution in [2.75, 3.05) is 26.3 Å². The summed E-state index contributed by atoms with van der Waals surface area (Å²) >= 11 is 0. The van der Waals surface area contributed by atoms with E-state index in [-0.39, 0.29) is 5.92 Å². The molecule has 0 aliphatic carbocycles. The molecular formula is C17H20FN3O. The number of ether oxygens (including phenoxy) is 1. The van der Waals surface area contributed by atoms with E-state index in [1.54, 1.807) is 6.33 Å². The third-order valence-corrected chi connectivity index (χ3v) is 5.00. The van der Waals surface area contributed by atoms with E-state index in [2.05, 4.69) is 27.9 Å². The summed E-state index contributed by atoms with van der Waals surface area (Å²) in [7, 11) is 0. The molecular weight excluding hydrogens is 281 g/mol. The van der Waals surface area contributed by atoms with Crippen molar-refractivity contribution in [2.45, 2.75) is 31.5 Å². The van der Waals surface area contributed by atoms with Crippen molar-refractivity contribution >= 4 is 10.9 Å². The smallest absolute Gasteiger partial charge is 0.120 e. The maximum absolute atomic E-state index is 14.8. The lowest BCUT2D eigenvalue weighted by Crippen LogP contribution is -2.54. The number of nitrogens with zero attached hydrogens (tertiary/aromatic N) is 3. The highest BCUT2D eigenvalue weighted by Gasteiger charge is 2.36. The van der Waals surface area contributed by atoms with Gasteiger partial charge in [-0.2, -0.15) is 0 Å². The van der Waals surface area contributed by atoms with Crippen LogP contribution in [0.4, 0.5) is 4.39 Å². The molecule has 5 heteroatoms. The summed E-state index contributed by atoms with van der Waals surface area (Å²) in [4.78, 5) is 10.6. The highest BCUT2D eigenvalue weighted by atomic mass is 19.1. The molecule has 2 fully saturated rings. The molecule has 0 bridgehead atoms. The van der Waals surface area contributed by atoms with Crippen LogP contribution >= 0.6 is 0 Å². The van der Waals surface area contributed by atoms with Gasteiger partial charge in [0.2, 0.25) is 0 Å². The van der Waals surface area contributed by atoms with Gasteiger partial charge in [0.25, 0.3) is 0 Å². The summed E-state index contributed by atoms with van der Waals surface area (Å²) in [5.74, 6) is -0.0309. The van der Waals surface area contributed by atoms with Crippen LogP contribution in [0.3, 0.4) is 0 Å². The molecule has 0 saturated carbocycles. The summed E-state index contributed by atoms with van der Waals surface area (Å²) in [6.45, 7) is 5.02. The number of likely N-dealkylation sites (tertiary alicyclic amines) is 1. The number of rotatable bonds is 2. The van der Waals surface area contributed by atoms with E-state index >= 15 is 0 Å². The molecule has 4 nitrogen and oxygen atoms in total. The monoisotopic (exact) mass is 301 g/mol. The maximum atomic E-state index is 14.8. The molecule has 2 aliphatic rings. The first-order valence-corrected chi connectivity index (χ1v) is 7.88. The molecule has 2 aliphatic heterocycles. The summed E-state index contributed by atoms with van der Waals surface area (Å²) in [6, 6.07) is 4.54. The van der Waals surface area contributed by atoms with Crippen LogP contribution < -0.4 is 0 Å². The average molecular weight is 301 g/mol. The number of alkyl halides is 1. The van der Waals surface area contributed by atoms with Crippen molar-refractivity contribution in [3.63, 3.8) is 0 Å². The van der Waals surface area contributed by atoms with Crippen molar-refractivity contribution < 1.29 is 9.13 Å². The lowest BCUT2D eigenvalue weighted by atomic mass is 9.84. The Morgan fingerprint density at radius 1 is 1.32 bits per heavy atom. The van der Waals surface area contributed by atoms with Gasteiger partial charge in [0, 0.05) is 24.0 Å². The second kappa shape index (κ2) is 5.56. The van der Waals surface area contributed by atoms with Crippen LogP contribution in [0.25, 0.3) is 10.9 Å². The van der Waals surface area contributed by atoms with Crippen molar-refractivity contribution in [1.82, 2.24) is 14.9 Å². The summed E-state index contributed by atoms with van der Waals surface area (Å²) in [6.07, 6.45) is 3.39. The van der Waals surface area contributed by atoms with Crippen LogP contribution in [0.1, 0.15) is 23.5 Å². The quantitative estimate of drug-likeness (QED) is 0.854. The standard InChI is InChI=1S/C17H20FN3O/c1-11-4-12-6-19-10-20-17(12)5-15(11)14-2-3-21(7-16(14)18)13-8-22-9-13/h4-6,10,13-14,16H,2-3,7-9H2,1H3. The van der Waals surface area contributed by atoms with Crippen LogP contribution in [-0.4, -0.2) is 53.4 Å². The zero-order chi connectivity index (χ0) is 15.1. The minimum Gasteiger partial charge on any atom is -0.378 e. The predicted molar refractivity (Wildman–Crippen MR) is 82.7 cm³/mol. The molecule has 1 aromatic carbocycles. The fourth-order valence-electron chi connectivity index (χ4n) is 3.60. The van der Waals surface area contributed by atoms with E-state index < -0.39 is 6.17 Å². The van der Waals surface area contributed by atoms with Gasteiger partial charge in [-0.15, -0.1) is 0 Å². The molecule has 0 spiro atoms. The largest absolute Gasteiger partial charge is 0.378 e. The second-order valence-electron chi connectivity index (χ2n) is 6.39. The minimum absolute atomic E-state index is 0.0309. The van der Waals surface area contributed by atoms with Gasteiger partial charge in [0.15, 0.2) is 0 Å². The zero-order valence-corrected chi connectivity index (χ0v) is 12.7. The van der Waals surface area contributed by atoms with Crippen LogP contribution in [-0.2, 0) is 4.74 Å². The van der Waals surface area contributed by atoms with E-state index in [4.69, 9.17) is 4.74 Å². The number of piperidine rings is 1. The molecule has 0 amide bonds. The van der Waals surface area contributed by atoms with Crippen molar-refractivity contribution in [2.24, 2.45) is 0 Å². The van der Waals surface area contributed by atoms with Gasteiger partial charge in [-0.3, -0.25) is 4.90 Å². The van der Waals surface area contributed by atoms with E-state index in [0.717, 1.165) is 48.2 Å². The number of aromatic nitrogens is 2. The van der Waals surface area contributed by atoms with Crippen LogP contribution in [0.15, 0.2) is 24.7 Å². The fraction of sp³-hybridized carbons (Fsp3) is 0.529. The van der Waals surface area contributed by atoms with Crippen LogP contribution in [0.5, 0.6) is 0 Å². The molecule has 2 unspecified atom stereocenters. The number of hydrogen-bond acceptors (Lipinski definition) is 4. The van der Waals surface area contributed by atoms with Crippen molar-refractivity contribution in [1.29, 1.82) is 0 Å². The van der Waals surface area contributed by atoms with Gasteiger partial charge in [0.1, 0.15) is 12.5 Å². The van der Waals surface area contributed by atoms with Gasteiger partial charge in [-0.1, -0.05) is 0 Å².